The van der Waals surface area contributed by atoms with Gasteiger partial charge in [0.15, 0.2) is 11.5 Å². The minimum absolute atomic E-state index is 0.126. The van der Waals surface area contributed by atoms with Crippen LogP contribution >= 0.6 is 15.9 Å². The van der Waals surface area contributed by atoms with Gasteiger partial charge >= 0.3 is 0 Å². The monoisotopic (exact) mass is 510 g/mol. The molecule has 0 saturated carbocycles. The zero-order valence-electron chi connectivity index (χ0n) is 18.3. The number of aliphatic hydroxyl groups excluding tert-OH is 1. The lowest BCUT2D eigenvalue weighted by atomic mass is 9.95. The Morgan fingerprint density at radius 2 is 1.76 bits per heavy atom. The van der Waals surface area contributed by atoms with E-state index in [1.807, 2.05) is 54.6 Å². The molecule has 0 bridgehead atoms. The maximum Gasteiger partial charge on any atom is 0.290 e. The molecule has 6 nitrogen and oxygen atoms in total. The maximum atomic E-state index is 13.2. The summed E-state index contributed by atoms with van der Waals surface area (Å²) in [5.41, 5.74) is 1.79. The molecule has 2 heterocycles. The minimum Gasteiger partial charge on any atom is -0.503 e. The van der Waals surface area contributed by atoms with E-state index in [1.54, 1.807) is 11.0 Å². The van der Waals surface area contributed by atoms with Gasteiger partial charge in [0.25, 0.3) is 5.91 Å². The summed E-state index contributed by atoms with van der Waals surface area (Å²) in [6.07, 6.45) is 3.87. The molecule has 7 heteroatoms. The molecular formula is C26H27BrN2O4. The third-order valence-corrected chi connectivity index (χ3v) is 6.49. The molecule has 2 aromatic rings. The molecule has 2 aliphatic rings. The van der Waals surface area contributed by atoms with Gasteiger partial charge in [-0.2, -0.15) is 0 Å². The second-order valence-electron chi connectivity index (χ2n) is 8.13. The lowest BCUT2D eigenvalue weighted by molar-refractivity contribution is -0.129. The lowest BCUT2D eigenvalue weighted by Crippen LogP contribution is -2.39. The topological polar surface area (TPSA) is 70.1 Å². The van der Waals surface area contributed by atoms with Crippen molar-refractivity contribution in [1.29, 1.82) is 0 Å². The van der Waals surface area contributed by atoms with E-state index in [4.69, 9.17) is 4.74 Å². The number of morpholine rings is 1. The standard InChI is InChI=1S/C26H27BrN2O4/c27-21-10-8-20(9-11-21)24-23(22(30)12-7-19-5-2-1-3-6-19)25(31)26(32)29(24)14-4-13-28-15-17-33-18-16-28/h1-3,5-12,24,31H,4,13-18H2/b12-7+/t24-/m1/s1. The Morgan fingerprint density at radius 1 is 1.06 bits per heavy atom. The molecule has 172 valence electrons. The van der Waals surface area contributed by atoms with E-state index in [1.165, 1.54) is 6.08 Å². The van der Waals surface area contributed by atoms with Crippen LogP contribution in [0.1, 0.15) is 23.6 Å². The Morgan fingerprint density at radius 3 is 2.45 bits per heavy atom. The van der Waals surface area contributed by atoms with Gasteiger partial charge in [0, 0.05) is 30.7 Å². The Kier molecular flexibility index (Phi) is 7.75. The molecule has 1 amide bonds. The fraction of sp³-hybridized carbons (Fsp3) is 0.308. The highest BCUT2D eigenvalue weighted by Crippen LogP contribution is 2.38. The van der Waals surface area contributed by atoms with Gasteiger partial charge in [-0.25, -0.2) is 0 Å². The SMILES string of the molecule is O=C(/C=C/c1ccccc1)C1=C(O)C(=O)N(CCCN2CCOCC2)[C@@H]1c1ccc(Br)cc1. The molecule has 0 unspecified atom stereocenters. The van der Waals surface area contributed by atoms with Crippen LogP contribution in [0, 0.1) is 0 Å². The zero-order chi connectivity index (χ0) is 23.2. The van der Waals surface area contributed by atoms with Crippen molar-refractivity contribution in [3.8, 4) is 0 Å². The van der Waals surface area contributed by atoms with Crippen molar-refractivity contribution < 1.29 is 19.4 Å². The maximum absolute atomic E-state index is 13.2. The summed E-state index contributed by atoms with van der Waals surface area (Å²) in [5, 5.41) is 10.7. The van der Waals surface area contributed by atoms with Crippen LogP contribution in [0.25, 0.3) is 6.08 Å². The van der Waals surface area contributed by atoms with E-state index < -0.39 is 17.7 Å². The van der Waals surface area contributed by atoms with Gasteiger partial charge in [0.05, 0.1) is 24.8 Å². The molecule has 0 radical (unpaired) electrons. The van der Waals surface area contributed by atoms with Crippen LogP contribution in [0.4, 0.5) is 0 Å². The Labute approximate surface area is 202 Å². The fourth-order valence-corrected chi connectivity index (χ4v) is 4.51. The van der Waals surface area contributed by atoms with Crippen molar-refractivity contribution in [3.63, 3.8) is 0 Å². The van der Waals surface area contributed by atoms with Gasteiger partial charge in [-0.05, 0) is 35.8 Å². The fourth-order valence-electron chi connectivity index (χ4n) is 4.24. The predicted molar refractivity (Wildman–Crippen MR) is 131 cm³/mol. The molecule has 1 fully saturated rings. The predicted octanol–water partition coefficient (Wildman–Crippen LogP) is 4.15. The third-order valence-electron chi connectivity index (χ3n) is 5.96. The second-order valence-corrected chi connectivity index (χ2v) is 9.05. The molecule has 33 heavy (non-hydrogen) atoms. The van der Waals surface area contributed by atoms with E-state index in [2.05, 4.69) is 20.8 Å². The molecule has 2 aliphatic heterocycles. The molecule has 0 aromatic heterocycles. The number of nitrogens with zero attached hydrogens (tertiary/aromatic N) is 2. The molecule has 0 spiro atoms. The van der Waals surface area contributed by atoms with Gasteiger partial charge in [0.1, 0.15) is 0 Å². The summed E-state index contributed by atoms with van der Waals surface area (Å²) < 4.78 is 6.30. The van der Waals surface area contributed by atoms with E-state index in [0.29, 0.717) is 6.54 Å². The number of rotatable bonds is 8. The Hall–Kier alpha value is -2.74. The van der Waals surface area contributed by atoms with E-state index in [9.17, 15) is 14.7 Å². The first-order chi connectivity index (χ1) is 16.0. The highest BCUT2D eigenvalue weighted by molar-refractivity contribution is 9.10. The quantitative estimate of drug-likeness (QED) is 0.540. The van der Waals surface area contributed by atoms with Crippen LogP contribution in [0.5, 0.6) is 0 Å². The largest absolute Gasteiger partial charge is 0.503 e. The number of carbonyl (C=O) groups excluding carboxylic acids is 2. The highest BCUT2D eigenvalue weighted by Gasteiger charge is 2.42. The number of ketones is 1. The Bertz CT molecular complexity index is 1040. The molecule has 4 rings (SSSR count). The van der Waals surface area contributed by atoms with Crippen molar-refractivity contribution in [1.82, 2.24) is 9.80 Å². The van der Waals surface area contributed by atoms with Gasteiger partial charge in [-0.3, -0.25) is 14.5 Å². The van der Waals surface area contributed by atoms with Crippen molar-refractivity contribution in [3.05, 3.63) is 87.6 Å². The van der Waals surface area contributed by atoms with Crippen molar-refractivity contribution in [2.24, 2.45) is 0 Å². The first-order valence-electron chi connectivity index (χ1n) is 11.1. The highest BCUT2D eigenvalue weighted by atomic mass is 79.9. The summed E-state index contributed by atoms with van der Waals surface area (Å²) in [4.78, 5) is 30.1. The summed E-state index contributed by atoms with van der Waals surface area (Å²) in [6.45, 7) is 4.47. The second kappa shape index (κ2) is 10.9. The number of hydrogen-bond donors (Lipinski definition) is 1. The lowest BCUT2D eigenvalue weighted by Gasteiger charge is -2.30. The first kappa shape index (κ1) is 23.4. The number of benzene rings is 2. The smallest absolute Gasteiger partial charge is 0.290 e. The zero-order valence-corrected chi connectivity index (χ0v) is 19.9. The molecule has 1 atom stereocenters. The van der Waals surface area contributed by atoms with E-state index in [-0.39, 0.29) is 11.4 Å². The summed E-state index contributed by atoms with van der Waals surface area (Å²) in [5.74, 6) is -1.33. The summed E-state index contributed by atoms with van der Waals surface area (Å²) in [7, 11) is 0. The molecule has 1 N–H and O–H groups in total. The number of halogens is 1. The van der Waals surface area contributed by atoms with Crippen LogP contribution in [-0.4, -0.2) is 66.0 Å². The minimum atomic E-state index is -0.622. The number of aliphatic hydroxyl groups is 1. The van der Waals surface area contributed by atoms with Gasteiger partial charge in [-0.15, -0.1) is 0 Å². The van der Waals surface area contributed by atoms with Gasteiger partial charge in [-0.1, -0.05) is 64.5 Å². The number of allylic oxidation sites excluding steroid dienone is 1. The van der Waals surface area contributed by atoms with Crippen LogP contribution in [0.2, 0.25) is 0 Å². The Balaban J connectivity index is 1.56. The number of carbonyl (C=O) groups is 2. The van der Waals surface area contributed by atoms with Gasteiger partial charge in [0.2, 0.25) is 0 Å². The number of ether oxygens (including phenoxy) is 1. The average Bonchev–Trinajstić information content (AvgIpc) is 3.09. The van der Waals surface area contributed by atoms with E-state index in [0.717, 1.165) is 54.9 Å². The molecule has 1 saturated heterocycles. The number of hydrogen-bond acceptors (Lipinski definition) is 5. The van der Waals surface area contributed by atoms with Crippen molar-refractivity contribution >= 4 is 33.7 Å². The normalized spacial score (nSPS) is 19.6. The average molecular weight is 511 g/mol. The van der Waals surface area contributed by atoms with Crippen LogP contribution < -0.4 is 0 Å². The van der Waals surface area contributed by atoms with Crippen molar-refractivity contribution in [2.75, 3.05) is 39.4 Å². The van der Waals surface area contributed by atoms with Crippen LogP contribution in [-0.2, 0) is 14.3 Å². The first-order valence-corrected chi connectivity index (χ1v) is 11.9. The molecule has 0 aliphatic carbocycles. The summed E-state index contributed by atoms with van der Waals surface area (Å²) in [6, 6.07) is 16.4. The molecule has 2 aromatic carbocycles. The van der Waals surface area contributed by atoms with Gasteiger partial charge < -0.3 is 14.7 Å². The third kappa shape index (κ3) is 5.61. The molecular weight excluding hydrogens is 484 g/mol. The van der Waals surface area contributed by atoms with Crippen LogP contribution in [0.15, 0.2) is 76.5 Å². The number of amides is 1. The van der Waals surface area contributed by atoms with Crippen molar-refractivity contribution in [2.45, 2.75) is 12.5 Å². The van der Waals surface area contributed by atoms with Crippen LogP contribution in [0.3, 0.4) is 0 Å². The summed E-state index contributed by atoms with van der Waals surface area (Å²) >= 11 is 3.44. The van der Waals surface area contributed by atoms with E-state index >= 15 is 0 Å².